The number of rotatable bonds is 23. The van der Waals surface area contributed by atoms with E-state index in [1.807, 2.05) is 121 Å². The van der Waals surface area contributed by atoms with Crippen LogP contribution in [0.5, 0.6) is 0 Å². The highest BCUT2D eigenvalue weighted by Crippen LogP contribution is 2.67. The van der Waals surface area contributed by atoms with E-state index in [2.05, 4.69) is 33.8 Å². The van der Waals surface area contributed by atoms with Crippen molar-refractivity contribution in [3.8, 4) is 0 Å². The fraction of sp³-hybridized carbons (Fsp3) is 0.554. The van der Waals surface area contributed by atoms with Crippen molar-refractivity contribution in [2.24, 2.45) is 46.3 Å². The molecule has 4 aliphatic carbocycles. The molecule has 0 amide bonds. The zero-order valence-electron chi connectivity index (χ0n) is 45.7. The van der Waals surface area contributed by atoms with Crippen molar-refractivity contribution >= 4 is 17.7 Å². The Morgan fingerprint density at radius 2 is 1.20 bits per heavy atom. The Balaban J connectivity index is 0.903. The van der Waals surface area contributed by atoms with Gasteiger partial charge in [-0.2, -0.15) is 0 Å². The summed E-state index contributed by atoms with van der Waals surface area (Å²) in [7, 11) is 0. The largest absolute Gasteiger partial charge is 0.462 e. The van der Waals surface area contributed by atoms with Crippen LogP contribution in [0.2, 0.25) is 0 Å². The van der Waals surface area contributed by atoms with Crippen molar-refractivity contribution in [1.82, 2.24) is 0 Å². The highest BCUT2D eigenvalue weighted by atomic mass is 16.7. The smallest absolute Gasteiger partial charge is 0.302 e. The molecule has 3 saturated carbocycles. The van der Waals surface area contributed by atoms with Gasteiger partial charge in [0.25, 0.3) is 0 Å². The van der Waals surface area contributed by atoms with Gasteiger partial charge in [-0.15, -0.1) is 0 Å². The highest BCUT2D eigenvalue weighted by Gasteiger charge is 2.63. The number of hydrogen-bond acceptors (Lipinski definition) is 11. The molecule has 0 bridgehead atoms. The molecule has 0 aromatic heterocycles. The normalized spacial score (nSPS) is 31.7. The second-order valence-electron chi connectivity index (χ2n) is 23.2. The minimum absolute atomic E-state index is 0.00966. The summed E-state index contributed by atoms with van der Waals surface area (Å²) >= 11 is 0. The number of carbonyl (C=O) groups excluding carboxylic acids is 3. The third-order valence-electron chi connectivity index (χ3n) is 18.1. The van der Waals surface area contributed by atoms with Gasteiger partial charge in [-0.05, 0) is 102 Å². The first-order chi connectivity index (χ1) is 36.8. The molecule has 9 rings (SSSR count). The summed E-state index contributed by atoms with van der Waals surface area (Å²) in [5.74, 6) is 0.576. The van der Waals surface area contributed by atoms with Gasteiger partial charge >= 0.3 is 11.9 Å². The first-order valence-electron chi connectivity index (χ1n) is 28.2. The topological polar surface area (TPSA) is 125 Å². The van der Waals surface area contributed by atoms with Gasteiger partial charge in [0.1, 0.15) is 42.4 Å². The molecule has 4 aromatic rings. The predicted octanol–water partition coefficient (Wildman–Crippen LogP) is 12.4. The van der Waals surface area contributed by atoms with Gasteiger partial charge in [-0.25, -0.2) is 0 Å². The minimum atomic E-state index is -0.852. The maximum absolute atomic E-state index is 14.7. The van der Waals surface area contributed by atoms with Gasteiger partial charge in [0.2, 0.25) is 0 Å². The standard InChI is InChI=1S/C65H82O11/c1-43(27-30-56(68)44(2)59-57(75-46(4)67)36-55-53-29-28-51-35-52(74-45(3)66)31-33-64(51,5)54(53)32-34-65(55,59)6)37-73-63-62(72-41-50-25-17-10-18-26-50)61(71-40-49-23-15-9-16-24-49)60(70-39-48-21-13-8-14-22-48)58(76-63)42-69-38-47-19-11-7-12-20-47/h7-26,28,43-44,52-55,57-63H,27,29-42H2,1-6H3/t43-,44-,52+,53-,54+,55+,57+,58-,59?,60-,61+,62-,63-,64+,65+/m1/s1. The third-order valence-corrected chi connectivity index (χ3v) is 18.1. The van der Waals surface area contributed by atoms with E-state index < -0.39 is 30.7 Å². The summed E-state index contributed by atoms with van der Waals surface area (Å²) in [6.07, 6.45) is 6.20. The molecule has 0 spiro atoms. The fourth-order valence-electron chi connectivity index (χ4n) is 14.3. The zero-order valence-corrected chi connectivity index (χ0v) is 45.7. The van der Waals surface area contributed by atoms with Crippen LogP contribution in [0.3, 0.4) is 0 Å². The number of ether oxygens (including phenoxy) is 8. The van der Waals surface area contributed by atoms with Crippen LogP contribution in [0.25, 0.3) is 0 Å². The lowest BCUT2D eigenvalue weighted by Crippen LogP contribution is -2.62. The van der Waals surface area contributed by atoms with Crippen LogP contribution in [0.4, 0.5) is 0 Å². The lowest BCUT2D eigenvalue weighted by Gasteiger charge is -2.58. The second-order valence-corrected chi connectivity index (χ2v) is 23.2. The number of hydrogen-bond donors (Lipinski definition) is 0. The zero-order chi connectivity index (χ0) is 53.2. The molecule has 408 valence electrons. The summed E-state index contributed by atoms with van der Waals surface area (Å²) in [6.45, 7) is 13.9. The Morgan fingerprint density at radius 1 is 0.645 bits per heavy atom. The van der Waals surface area contributed by atoms with Gasteiger partial charge in [0.15, 0.2) is 6.29 Å². The molecule has 76 heavy (non-hydrogen) atoms. The van der Waals surface area contributed by atoms with Crippen LogP contribution in [0.15, 0.2) is 133 Å². The van der Waals surface area contributed by atoms with Crippen LogP contribution < -0.4 is 0 Å². The van der Waals surface area contributed by atoms with Crippen molar-refractivity contribution in [3.63, 3.8) is 0 Å². The Kier molecular flexibility index (Phi) is 18.8. The molecule has 1 saturated heterocycles. The molecule has 0 radical (unpaired) electrons. The summed E-state index contributed by atoms with van der Waals surface area (Å²) < 4.78 is 52.9. The van der Waals surface area contributed by atoms with Gasteiger partial charge in [-0.3, -0.25) is 14.4 Å². The second kappa shape index (κ2) is 25.6. The number of Topliss-reactive ketones (excluding diaryl/α,β-unsaturated/α-hetero) is 1. The summed E-state index contributed by atoms with van der Waals surface area (Å²) in [6, 6.07) is 40.4. The van der Waals surface area contributed by atoms with E-state index in [1.54, 1.807) is 0 Å². The molecule has 11 nitrogen and oxygen atoms in total. The molecular weight excluding hydrogens is 957 g/mol. The summed E-state index contributed by atoms with van der Waals surface area (Å²) in [4.78, 5) is 39.3. The first-order valence-corrected chi connectivity index (χ1v) is 28.2. The van der Waals surface area contributed by atoms with E-state index in [9.17, 15) is 14.4 Å². The lowest BCUT2D eigenvalue weighted by atomic mass is 9.47. The van der Waals surface area contributed by atoms with Crippen molar-refractivity contribution < 1.29 is 52.3 Å². The van der Waals surface area contributed by atoms with Gasteiger partial charge in [-0.1, -0.05) is 161 Å². The van der Waals surface area contributed by atoms with Gasteiger partial charge < -0.3 is 37.9 Å². The molecule has 15 atom stereocenters. The highest BCUT2D eigenvalue weighted by molar-refractivity contribution is 5.81. The maximum Gasteiger partial charge on any atom is 0.302 e. The molecule has 1 aliphatic heterocycles. The Morgan fingerprint density at radius 3 is 1.78 bits per heavy atom. The quantitative estimate of drug-likeness (QED) is 0.0521. The molecule has 0 N–H and O–H groups in total. The third kappa shape index (κ3) is 13.3. The Labute approximate surface area is 451 Å². The van der Waals surface area contributed by atoms with Crippen molar-refractivity contribution in [2.45, 2.75) is 169 Å². The molecule has 11 heteroatoms. The Bertz CT molecular complexity index is 2520. The lowest BCUT2D eigenvalue weighted by molar-refractivity contribution is -0.329. The van der Waals surface area contributed by atoms with Crippen LogP contribution in [-0.4, -0.2) is 73.8 Å². The van der Waals surface area contributed by atoms with E-state index >= 15 is 0 Å². The Hall–Kier alpha value is -5.01. The average Bonchev–Trinajstić information content (AvgIpc) is 3.78. The first kappa shape index (κ1) is 55.7. The number of allylic oxidation sites excluding steroid dienone is 1. The van der Waals surface area contributed by atoms with Gasteiger partial charge in [0.05, 0.1) is 39.6 Å². The fourth-order valence-corrected chi connectivity index (χ4v) is 14.3. The van der Waals surface area contributed by atoms with Crippen LogP contribution >= 0.6 is 0 Å². The molecule has 1 heterocycles. The monoisotopic (exact) mass is 1040 g/mol. The van der Waals surface area contributed by atoms with Crippen molar-refractivity contribution in [3.05, 3.63) is 155 Å². The molecule has 4 fully saturated rings. The SMILES string of the molecule is CC(=O)O[C@H]1CC[C@@]2(C)C(=CC[C@@H]3[C@@H]2CC[C@]2(C)C([C@H](C)C(=O)CC[C@@H](C)CO[C@@H]4O[C@H](COCc5ccccc5)[C@@H](OCc5ccccc5)[C@H](OCc5ccccc5)[C@H]4OCc4ccccc4)[C@@H](OC(C)=O)C[C@@H]32)C1. The number of fused-ring (bicyclic) bond motifs is 5. The average molecular weight is 1040 g/mol. The van der Waals surface area contributed by atoms with Crippen molar-refractivity contribution in [2.75, 3.05) is 13.2 Å². The summed E-state index contributed by atoms with van der Waals surface area (Å²) in [5.41, 5.74) is 5.43. The number of esters is 2. The van der Waals surface area contributed by atoms with E-state index in [-0.39, 0.29) is 65.1 Å². The van der Waals surface area contributed by atoms with E-state index in [1.165, 1.54) is 19.4 Å². The van der Waals surface area contributed by atoms with Crippen LogP contribution in [0, 0.1) is 46.3 Å². The summed E-state index contributed by atoms with van der Waals surface area (Å²) in [5, 5.41) is 0. The maximum atomic E-state index is 14.7. The molecule has 5 aliphatic rings. The van der Waals surface area contributed by atoms with Crippen LogP contribution in [0.1, 0.15) is 122 Å². The molecular formula is C65H82O11. The number of benzene rings is 4. The predicted molar refractivity (Wildman–Crippen MR) is 290 cm³/mol. The van der Waals surface area contributed by atoms with E-state index in [0.29, 0.717) is 63.6 Å². The minimum Gasteiger partial charge on any atom is -0.462 e. The van der Waals surface area contributed by atoms with Gasteiger partial charge in [0, 0.05) is 38.5 Å². The van der Waals surface area contributed by atoms with E-state index in [0.717, 1.165) is 67.2 Å². The van der Waals surface area contributed by atoms with Crippen molar-refractivity contribution in [1.29, 1.82) is 0 Å². The number of ketones is 1. The van der Waals surface area contributed by atoms with Crippen LogP contribution in [-0.2, 0) is 78.7 Å². The molecule has 1 unspecified atom stereocenters. The number of carbonyl (C=O) groups is 3. The molecule has 4 aromatic carbocycles. The van der Waals surface area contributed by atoms with E-state index in [4.69, 9.17) is 37.9 Å².